The number of benzene rings is 1. The molecule has 4 heteroatoms. The highest BCUT2D eigenvalue weighted by Crippen LogP contribution is 2.25. The molecule has 110 valence electrons. The first-order valence-corrected chi connectivity index (χ1v) is 6.77. The van der Waals surface area contributed by atoms with E-state index in [1.807, 2.05) is 32.0 Å². The van der Waals surface area contributed by atoms with Gasteiger partial charge in [0.15, 0.2) is 0 Å². The minimum Gasteiger partial charge on any atom is -0.496 e. The van der Waals surface area contributed by atoms with E-state index in [1.54, 1.807) is 31.6 Å². The third kappa shape index (κ3) is 3.99. The summed E-state index contributed by atoms with van der Waals surface area (Å²) in [5.41, 5.74) is 2.08. The van der Waals surface area contributed by atoms with E-state index in [0.717, 1.165) is 16.9 Å². The lowest BCUT2D eigenvalue weighted by molar-refractivity contribution is -0.117. The van der Waals surface area contributed by atoms with Gasteiger partial charge in [0.2, 0.25) is 5.91 Å². The largest absolute Gasteiger partial charge is 0.496 e. The third-order valence-corrected chi connectivity index (χ3v) is 3.15. The fraction of sp³-hybridized carbons (Fsp3) is 0.235. The molecule has 0 aliphatic heterocycles. The van der Waals surface area contributed by atoms with E-state index >= 15 is 0 Å². The maximum Gasteiger partial charge on any atom is 0.244 e. The van der Waals surface area contributed by atoms with Crippen LogP contribution in [0.4, 0.5) is 0 Å². The Morgan fingerprint density at radius 3 is 2.86 bits per heavy atom. The number of aryl methyl sites for hydroxylation is 1. The monoisotopic (exact) mass is 285 g/mol. The van der Waals surface area contributed by atoms with E-state index in [2.05, 4.69) is 5.32 Å². The zero-order chi connectivity index (χ0) is 15.2. The molecule has 0 fully saturated rings. The fourth-order valence-corrected chi connectivity index (χ4v) is 2.08. The number of methoxy groups -OCH3 is 1. The Bertz CT molecular complexity index is 629. The molecule has 1 atom stereocenters. The number of hydrogen-bond donors (Lipinski definition) is 1. The minimum absolute atomic E-state index is 0.145. The molecule has 2 rings (SSSR count). The average molecular weight is 285 g/mol. The zero-order valence-electron chi connectivity index (χ0n) is 12.4. The van der Waals surface area contributed by atoms with Crippen molar-refractivity contribution in [3.8, 4) is 5.75 Å². The number of carbonyl (C=O) groups is 1. The highest BCUT2D eigenvalue weighted by Gasteiger charge is 2.13. The molecule has 0 saturated carbocycles. The molecular weight excluding hydrogens is 266 g/mol. The van der Waals surface area contributed by atoms with Gasteiger partial charge >= 0.3 is 0 Å². The van der Waals surface area contributed by atoms with Crippen LogP contribution in [0.2, 0.25) is 0 Å². The Labute approximate surface area is 124 Å². The van der Waals surface area contributed by atoms with E-state index in [-0.39, 0.29) is 11.9 Å². The Hall–Kier alpha value is -2.49. The number of nitrogens with one attached hydrogen (secondary N) is 1. The van der Waals surface area contributed by atoms with Gasteiger partial charge in [0.1, 0.15) is 11.5 Å². The summed E-state index contributed by atoms with van der Waals surface area (Å²) >= 11 is 0. The summed E-state index contributed by atoms with van der Waals surface area (Å²) in [5, 5.41) is 2.91. The van der Waals surface area contributed by atoms with Crippen molar-refractivity contribution in [2.24, 2.45) is 0 Å². The van der Waals surface area contributed by atoms with Crippen molar-refractivity contribution < 1.29 is 13.9 Å². The van der Waals surface area contributed by atoms with E-state index in [4.69, 9.17) is 9.15 Å². The van der Waals surface area contributed by atoms with E-state index in [0.29, 0.717) is 5.76 Å². The number of rotatable bonds is 5. The quantitative estimate of drug-likeness (QED) is 0.856. The standard InChI is InChI=1S/C17H19NO3/c1-12-6-8-16(20-3)15(11-12)13(2)18-17(19)9-7-14-5-4-10-21-14/h4-11,13H,1-3H3,(H,18,19)/b9-7+/t13-/m1/s1. The first-order chi connectivity index (χ1) is 10.1. The highest BCUT2D eigenvalue weighted by atomic mass is 16.5. The van der Waals surface area contributed by atoms with Gasteiger partial charge in [-0.2, -0.15) is 0 Å². The summed E-state index contributed by atoms with van der Waals surface area (Å²) in [5.74, 6) is 1.23. The van der Waals surface area contributed by atoms with Crippen LogP contribution in [0.15, 0.2) is 47.1 Å². The van der Waals surface area contributed by atoms with Crippen LogP contribution in [0.3, 0.4) is 0 Å². The van der Waals surface area contributed by atoms with Crippen LogP contribution in [0.25, 0.3) is 6.08 Å². The van der Waals surface area contributed by atoms with Gasteiger partial charge in [-0.05, 0) is 38.1 Å². The van der Waals surface area contributed by atoms with Crippen LogP contribution in [-0.2, 0) is 4.79 Å². The molecule has 1 N–H and O–H groups in total. The number of amides is 1. The summed E-state index contributed by atoms with van der Waals surface area (Å²) in [7, 11) is 1.62. The van der Waals surface area contributed by atoms with Gasteiger partial charge in [-0.3, -0.25) is 4.79 Å². The molecule has 2 aromatic rings. The van der Waals surface area contributed by atoms with Crippen LogP contribution in [0.5, 0.6) is 5.75 Å². The number of furan rings is 1. The van der Waals surface area contributed by atoms with Crippen LogP contribution >= 0.6 is 0 Å². The molecule has 21 heavy (non-hydrogen) atoms. The molecule has 0 aliphatic rings. The van der Waals surface area contributed by atoms with Gasteiger partial charge in [-0.25, -0.2) is 0 Å². The summed E-state index contributed by atoms with van der Waals surface area (Å²) in [6.07, 6.45) is 4.66. The maximum absolute atomic E-state index is 11.9. The maximum atomic E-state index is 11.9. The van der Waals surface area contributed by atoms with Crippen molar-refractivity contribution in [2.75, 3.05) is 7.11 Å². The molecule has 0 aliphatic carbocycles. The smallest absolute Gasteiger partial charge is 0.244 e. The second-order valence-corrected chi connectivity index (χ2v) is 4.82. The molecule has 1 aromatic heterocycles. The molecule has 0 spiro atoms. The van der Waals surface area contributed by atoms with Crippen molar-refractivity contribution in [1.29, 1.82) is 0 Å². The molecule has 4 nitrogen and oxygen atoms in total. The van der Waals surface area contributed by atoms with Gasteiger partial charge in [0, 0.05) is 11.6 Å². The molecular formula is C17H19NO3. The Morgan fingerprint density at radius 2 is 2.19 bits per heavy atom. The van der Waals surface area contributed by atoms with Crippen LogP contribution in [-0.4, -0.2) is 13.0 Å². The highest BCUT2D eigenvalue weighted by molar-refractivity contribution is 5.91. The molecule has 0 unspecified atom stereocenters. The van der Waals surface area contributed by atoms with Crippen LogP contribution in [0, 0.1) is 6.92 Å². The van der Waals surface area contributed by atoms with Gasteiger partial charge in [-0.15, -0.1) is 0 Å². The molecule has 0 saturated heterocycles. The normalized spacial score (nSPS) is 12.3. The molecule has 0 bridgehead atoms. The second kappa shape index (κ2) is 6.79. The fourth-order valence-electron chi connectivity index (χ4n) is 2.08. The Kier molecular flexibility index (Phi) is 4.82. The molecule has 0 radical (unpaired) electrons. The Balaban J connectivity index is 2.05. The lowest BCUT2D eigenvalue weighted by Crippen LogP contribution is -2.25. The molecule has 1 aromatic carbocycles. The second-order valence-electron chi connectivity index (χ2n) is 4.82. The van der Waals surface area contributed by atoms with Crippen molar-refractivity contribution in [3.63, 3.8) is 0 Å². The van der Waals surface area contributed by atoms with Crippen molar-refractivity contribution in [1.82, 2.24) is 5.32 Å². The topological polar surface area (TPSA) is 51.5 Å². The average Bonchev–Trinajstić information content (AvgIpc) is 2.98. The lowest BCUT2D eigenvalue weighted by Gasteiger charge is -2.17. The Morgan fingerprint density at radius 1 is 1.38 bits per heavy atom. The van der Waals surface area contributed by atoms with Crippen molar-refractivity contribution >= 4 is 12.0 Å². The van der Waals surface area contributed by atoms with Gasteiger partial charge in [0.05, 0.1) is 19.4 Å². The van der Waals surface area contributed by atoms with Gasteiger partial charge in [0.25, 0.3) is 0 Å². The van der Waals surface area contributed by atoms with E-state index < -0.39 is 0 Å². The number of hydrogen-bond acceptors (Lipinski definition) is 3. The first kappa shape index (κ1) is 14.9. The third-order valence-electron chi connectivity index (χ3n) is 3.15. The van der Waals surface area contributed by atoms with E-state index in [9.17, 15) is 4.79 Å². The SMILES string of the molecule is COc1ccc(C)cc1[C@@H](C)NC(=O)/C=C/c1ccco1. The summed E-state index contributed by atoms with van der Waals surface area (Å²) in [6.45, 7) is 3.93. The molecule has 1 heterocycles. The first-order valence-electron chi connectivity index (χ1n) is 6.77. The van der Waals surface area contributed by atoms with E-state index in [1.165, 1.54) is 6.08 Å². The molecule has 1 amide bonds. The predicted octanol–water partition coefficient (Wildman–Crippen LogP) is 3.49. The van der Waals surface area contributed by atoms with Gasteiger partial charge < -0.3 is 14.5 Å². The van der Waals surface area contributed by atoms with Crippen molar-refractivity contribution in [2.45, 2.75) is 19.9 Å². The van der Waals surface area contributed by atoms with Gasteiger partial charge in [-0.1, -0.05) is 17.7 Å². The summed E-state index contributed by atoms with van der Waals surface area (Å²) in [6, 6.07) is 9.32. The summed E-state index contributed by atoms with van der Waals surface area (Å²) in [4.78, 5) is 11.9. The summed E-state index contributed by atoms with van der Waals surface area (Å²) < 4.78 is 10.5. The number of carbonyl (C=O) groups excluding carboxylic acids is 1. The minimum atomic E-state index is -0.178. The number of ether oxygens (including phenoxy) is 1. The predicted molar refractivity (Wildman–Crippen MR) is 82.0 cm³/mol. The lowest BCUT2D eigenvalue weighted by atomic mass is 10.0. The zero-order valence-corrected chi connectivity index (χ0v) is 12.4. The van der Waals surface area contributed by atoms with Crippen LogP contribution < -0.4 is 10.1 Å². The van der Waals surface area contributed by atoms with Crippen molar-refractivity contribution in [3.05, 3.63) is 59.6 Å². The van der Waals surface area contributed by atoms with Crippen LogP contribution in [0.1, 0.15) is 29.9 Å².